The molecule has 0 fully saturated rings. The van der Waals surface area contributed by atoms with Crippen LogP contribution >= 0.6 is 0 Å². The number of rotatable bonds is 11. The Morgan fingerprint density at radius 2 is 1.58 bits per heavy atom. The summed E-state index contributed by atoms with van der Waals surface area (Å²) in [5.74, 6) is -0.281. The first-order valence-electron chi connectivity index (χ1n) is 10.7. The quantitative estimate of drug-likeness (QED) is 0.397. The van der Waals surface area contributed by atoms with Crippen molar-refractivity contribution in [1.82, 2.24) is 10.6 Å². The van der Waals surface area contributed by atoms with Gasteiger partial charge >= 0.3 is 0 Å². The van der Waals surface area contributed by atoms with E-state index in [4.69, 9.17) is 0 Å². The molecule has 0 bridgehead atoms. The monoisotopic (exact) mass is 420 g/mol. The van der Waals surface area contributed by atoms with E-state index in [-0.39, 0.29) is 17.5 Å². The van der Waals surface area contributed by atoms with E-state index < -0.39 is 0 Å². The Hall–Kier alpha value is -3.18. The van der Waals surface area contributed by atoms with Gasteiger partial charge in [-0.15, -0.1) is 0 Å². The van der Waals surface area contributed by atoms with Gasteiger partial charge in [-0.25, -0.2) is 4.39 Å². The topological polar surface area (TPSA) is 61.4 Å². The van der Waals surface area contributed by atoms with Crippen LogP contribution in [-0.4, -0.2) is 24.1 Å². The Balaban J connectivity index is 1.44. The molecule has 3 aromatic rings. The number of amides is 1. The van der Waals surface area contributed by atoms with Gasteiger partial charge in [-0.3, -0.25) is 4.79 Å². The summed E-state index contributed by atoms with van der Waals surface area (Å²) in [6.45, 7) is 1.69. The Labute approximate surface area is 183 Å². The van der Waals surface area contributed by atoms with Crippen molar-refractivity contribution in [3.63, 3.8) is 0 Å². The maximum Gasteiger partial charge on any atom is 0.251 e. The Bertz CT molecular complexity index is 959. The summed E-state index contributed by atoms with van der Waals surface area (Å²) in [4.78, 5) is 12.6. The van der Waals surface area contributed by atoms with Crippen LogP contribution in [0.3, 0.4) is 0 Å². The minimum Gasteiger partial charge on any atom is -0.508 e. The molecule has 0 radical (unpaired) electrons. The number of aryl methyl sites for hydroxylation is 1. The minimum absolute atomic E-state index is 0.171. The molecule has 5 heteroatoms. The molecule has 0 aromatic heterocycles. The fraction of sp³-hybridized carbons (Fsp3) is 0.269. The first-order valence-corrected chi connectivity index (χ1v) is 10.7. The number of carbonyl (C=O) groups is 1. The lowest BCUT2D eigenvalue weighted by Gasteiger charge is -2.12. The molecule has 0 aliphatic heterocycles. The van der Waals surface area contributed by atoms with Gasteiger partial charge in [0, 0.05) is 18.7 Å². The summed E-state index contributed by atoms with van der Waals surface area (Å²) < 4.78 is 13.8. The van der Waals surface area contributed by atoms with Gasteiger partial charge in [-0.1, -0.05) is 42.5 Å². The standard InChI is InChI=1S/C26H29FN2O2/c27-23-11-14-25(26(31)29-16-5-4-8-20-6-2-1-3-7-20)22(18-23)19-28-17-15-21-9-12-24(30)13-10-21/h1-3,6-7,9-14,18,28,30H,4-5,8,15-17,19H2,(H,29,31). The number of nitrogens with one attached hydrogen (secondary N) is 2. The van der Waals surface area contributed by atoms with E-state index >= 15 is 0 Å². The fourth-order valence-corrected chi connectivity index (χ4v) is 3.44. The molecular weight excluding hydrogens is 391 g/mol. The number of hydrogen-bond acceptors (Lipinski definition) is 3. The summed E-state index contributed by atoms with van der Waals surface area (Å²) in [5.41, 5.74) is 3.54. The molecule has 0 saturated heterocycles. The number of aromatic hydroxyl groups is 1. The third kappa shape index (κ3) is 7.54. The molecule has 3 rings (SSSR count). The van der Waals surface area contributed by atoms with Crippen LogP contribution in [0.2, 0.25) is 0 Å². The fourth-order valence-electron chi connectivity index (χ4n) is 3.44. The van der Waals surface area contributed by atoms with Crippen LogP contribution < -0.4 is 10.6 Å². The van der Waals surface area contributed by atoms with Crippen LogP contribution in [0.1, 0.15) is 39.9 Å². The molecule has 0 unspecified atom stereocenters. The first-order chi connectivity index (χ1) is 15.1. The number of hydrogen-bond donors (Lipinski definition) is 3. The van der Waals surface area contributed by atoms with Crippen LogP contribution in [0.25, 0.3) is 0 Å². The van der Waals surface area contributed by atoms with E-state index in [0.717, 1.165) is 31.2 Å². The van der Waals surface area contributed by atoms with Crippen molar-refractivity contribution >= 4 is 5.91 Å². The van der Waals surface area contributed by atoms with Gasteiger partial charge in [0.15, 0.2) is 0 Å². The number of carbonyl (C=O) groups excluding carboxylic acids is 1. The van der Waals surface area contributed by atoms with Crippen molar-refractivity contribution in [2.75, 3.05) is 13.1 Å². The first kappa shape index (κ1) is 22.5. The zero-order valence-corrected chi connectivity index (χ0v) is 17.6. The number of phenolic OH excluding ortho intramolecular Hbond substituents is 1. The molecule has 1 amide bonds. The second kappa shape index (κ2) is 11.9. The van der Waals surface area contributed by atoms with Crippen molar-refractivity contribution in [2.24, 2.45) is 0 Å². The molecule has 0 aliphatic rings. The third-order valence-corrected chi connectivity index (χ3v) is 5.17. The molecule has 0 saturated carbocycles. The van der Waals surface area contributed by atoms with E-state index in [1.54, 1.807) is 18.2 Å². The van der Waals surface area contributed by atoms with Gasteiger partial charge in [0.05, 0.1) is 0 Å². The Morgan fingerprint density at radius 3 is 2.35 bits per heavy atom. The molecular formula is C26H29FN2O2. The molecule has 3 N–H and O–H groups in total. The number of unbranched alkanes of at least 4 members (excludes halogenated alkanes) is 1. The summed E-state index contributed by atoms with van der Waals surface area (Å²) >= 11 is 0. The van der Waals surface area contributed by atoms with E-state index in [2.05, 4.69) is 22.8 Å². The highest BCUT2D eigenvalue weighted by Gasteiger charge is 2.12. The molecule has 0 spiro atoms. The molecule has 0 heterocycles. The molecule has 31 heavy (non-hydrogen) atoms. The van der Waals surface area contributed by atoms with Crippen LogP contribution in [0.5, 0.6) is 5.75 Å². The highest BCUT2D eigenvalue weighted by molar-refractivity contribution is 5.95. The number of benzene rings is 3. The lowest BCUT2D eigenvalue weighted by atomic mass is 10.1. The molecule has 0 atom stereocenters. The van der Waals surface area contributed by atoms with Crippen LogP contribution in [0.15, 0.2) is 72.8 Å². The van der Waals surface area contributed by atoms with Crippen LogP contribution in [-0.2, 0) is 19.4 Å². The summed E-state index contributed by atoms with van der Waals surface area (Å²) in [6, 6.07) is 21.6. The van der Waals surface area contributed by atoms with Crippen molar-refractivity contribution < 1.29 is 14.3 Å². The number of phenols is 1. The molecule has 162 valence electrons. The lowest BCUT2D eigenvalue weighted by molar-refractivity contribution is 0.0952. The van der Waals surface area contributed by atoms with Gasteiger partial charge < -0.3 is 15.7 Å². The van der Waals surface area contributed by atoms with Crippen molar-refractivity contribution in [2.45, 2.75) is 32.2 Å². The van der Waals surface area contributed by atoms with E-state index in [1.165, 1.54) is 17.7 Å². The zero-order chi connectivity index (χ0) is 21.9. The Kier molecular flexibility index (Phi) is 8.61. The van der Waals surface area contributed by atoms with Gasteiger partial charge in [0.25, 0.3) is 5.91 Å². The molecule has 3 aromatic carbocycles. The van der Waals surface area contributed by atoms with Gasteiger partial charge in [0.2, 0.25) is 0 Å². The molecule has 0 aliphatic carbocycles. The largest absolute Gasteiger partial charge is 0.508 e. The highest BCUT2D eigenvalue weighted by Crippen LogP contribution is 2.13. The lowest BCUT2D eigenvalue weighted by Crippen LogP contribution is -2.27. The summed E-state index contributed by atoms with van der Waals surface area (Å²) in [5, 5.41) is 15.6. The van der Waals surface area contributed by atoms with Gasteiger partial charge in [0.1, 0.15) is 11.6 Å². The second-order valence-electron chi connectivity index (χ2n) is 7.59. The van der Waals surface area contributed by atoms with Crippen molar-refractivity contribution in [3.05, 3.63) is 101 Å². The predicted molar refractivity (Wildman–Crippen MR) is 122 cm³/mol. The van der Waals surface area contributed by atoms with Gasteiger partial charge in [-0.05, 0) is 79.3 Å². The van der Waals surface area contributed by atoms with Crippen LogP contribution in [0.4, 0.5) is 4.39 Å². The third-order valence-electron chi connectivity index (χ3n) is 5.17. The van der Waals surface area contributed by atoms with E-state index in [9.17, 15) is 14.3 Å². The summed E-state index contributed by atoms with van der Waals surface area (Å²) in [7, 11) is 0. The molecule has 4 nitrogen and oxygen atoms in total. The highest BCUT2D eigenvalue weighted by atomic mass is 19.1. The average molecular weight is 421 g/mol. The van der Waals surface area contributed by atoms with Gasteiger partial charge in [-0.2, -0.15) is 0 Å². The van der Waals surface area contributed by atoms with E-state index in [1.807, 2.05) is 30.3 Å². The number of halogens is 1. The summed E-state index contributed by atoms with van der Waals surface area (Å²) in [6.07, 6.45) is 3.66. The average Bonchev–Trinajstić information content (AvgIpc) is 2.78. The van der Waals surface area contributed by atoms with Crippen LogP contribution in [0, 0.1) is 5.82 Å². The minimum atomic E-state index is -0.352. The maximum absolute atomic E-state index is 13.8. The maximum atomic E-state index is 13.8. The normalized spacial score (nSPS) is 10.7. The Morgan fingerprint density at radius 1 is 0.839 bits per heavy atom. The SMILES string of the molecule is O=C(NCCCCc1ccccc1)c1ccc(F)cc1CNCCc1ccc(O)cc1. The van der Waals surface area contributed by atoms with E-state index in [0.29, 0.717) is 30.8 Å². The second-order valence-corrected chi connectivity index (χ2v) is 7.59. The van der Waals surface area contributed by atoms with Crippen molar-refractivity contribution in [3.8, 4) is 5.75 Å². The smallest absolute Gasteiger partial charge is 0.251 e. The van der Waals surface area contributed by atoms with Crippen molar-refractivity contribution in [1.29, 1.82) is 0 Å². The zero-order valence-electron chi connectivity index (χ0n) is 17.6. The predicted octanol–water partition coefficient (Wildman–Crippen LogP) is 4.62.